The van der Waals surface area contributed by atoms with E-state index in [1.54, 1.807) is 6.20 Å². The fraction of sp³-hybridized carbons (Fsp3) is 0.600. The Balaban J connectivity index is 2.11. The summed E-state index contributed by atoms with van der Waals surface area (Å²) >= 11 is 3.37. The molecule has 0 amide bonds. The zero-order valence-corrected chi connectivity index (χ0v) is 10.4. The number of rotatable bonds is 3. The minimum atomic E-state index is 0.218. The Hall–Kier alpha value is -0.880. The molecule has 6 heteroatoms. The highest BCUT2D eigenvalue weighted by molar-refractivity contribution is 9.10. The van der Waals surface area contributed by atoms with Crippen molar-refractivity contribution in [2.45, 2.75) is 25.3 Å². The van der Waals surface area contributed by atoms with Crippen LogP contribution in [0.15, 0.2) is 10.7 Å². The smallest absolute Gasteiger partial charge is 0.221 e. The van der Waals surface area contributed by atoms with Crippen molar-refractivity contribution in [3.63, 3.8) is 0 Å². The maximum absolute atomic E-state index is 9.23. The van der Waals surface area contributed by atoms with Crippen LogP contribution in [0.5, 0.6) is 0 Å². The van der Waals surface area contributed by atoms with Gasteiger partial charge in [0.05, 0.1) is 4.47 Å². The lowest BCUT2D eigenvalue weighted by Crippen LogP contribution is -2.27. The summed E-state index contributed by atoms with van der Waals surface area (Å²) in [7, 11) is 0. The van der Waals surface area contributed by atoms with E-state index in [9.17, 15) is 5.11 Å². The Morgan fingerprint density at radius 1 is 1.56 bits per heavy atom. The largest absolute Gasteiger partial charge is 0.396 e. The van der Waals surface area contributed by atoms with Gasteiger partial charge in [-0.05, 0) is 28.8 Å². The standard InChI is InChI=1S/C10H15BrN4O/c11-7-4-13-10(12)15-9(7)14-8-3-1-2-6(8)5-16/h4,6,8,16H,1-3,5H2,(H3,12,13,14,15). The number of hydrogen-bond donors (Lipinski definition) is 3. The van der Waals surface area contributed by atoms with Gasteiger partial charge in [-0.25, -0.2) is 4.98 Å². The molecule has 1 aliphatic carbocycles. The number of aliphatic hydroxyl groups excluding tert-OH is 1. The van der Waals surface area contributed by atoms with Crippen LogP contribution < -0.4 is 11.1 Å². The molecule has 5 nitrogen and oxygen atoms in total. The molecular formula is C10H15BrN4O. The molecule has 88 valence electrons. The van der Waals surface area contributed by atoms with Gasteiger partial charge in [-0.1, -0.05) is 6.42 Å². The van der Waals surface area contributed by atoms with E-state index < -0.39 is 0 Å². The van der Waals surface area contributed by atoms with E-state index in [0.29, 0.717) is 11.7 Å². The van der Waals surface area contributed by atoms with Crippen LogP contribution in [0.3, 0.4) is 0 Å². The molecule has 16 heavy (non-hydrogen) atoms. The SMILES string of the molecule is Nc1ncc(Br)c(NC2CCCC2CO)n1. The summed E-state index contributed by atoms with van der Waals surface area (Å²) in [5.41, 5.74) is 5.54. The third kappa shape index (κ3) is 2.44. The van der Waals surface area contributed by atoms with Gasteiger partial charge in [-0.2, -0.15) is 4.98 Å². The number of aromatic nitrogens is 2. The molecule has 1 aliphatic rings. The molecule has 0 radical (unpaired) electrons. The van der Waals surface area contributed by atoms with Crippen LogP contribution in [0.1, 0.15) is 19.3 Å². The van der Waals surface area contributed by atoms with Crippen molar-refractivity contribution >= 4 is 27.7 Å². The van der Waals surface area contributed by atoms with Gasteiger partial charge in [0.1, 0.15) is 5.82 Å². The number of hydrogen-bond acceptors (Lipinski definition) is 5. The lowest BCUT2D eigenvalue weighted by Gasteiger charge is -2.20. The van der Waals surface area contributed by atoms with Crippen LogP contribution in [0.4, 0.5) is 11.8 Å². The first kappa shape index (κ1) is 11.6. The van der Waals surface area contributed by atoms with Crippen molar-refractivity contribution in [2.75, 3.05) is 17.7 Å². The van der Waals surface area contributed by atoms with Gasteiger partial charge in [0, 0.05) is 24.8 Å². The third-order valence-corrected chi connectivity index (χ3v) is 3.56. The highest BCUT2D eigenvalue weighted by Crippen LogP contribution is 2.29. The predicted octanol–water partition coefficient (Wildman–Crippen LogP) is 1.39. The van der Waals surface area contributed by atoms with Crippen molar-refractivity contribution in [1.29, 1.82) is 0 Å². The zero-order chi connectivity index (χ0) is 11.5. The summed E-state index contributed by atoms with van der Waals surface area (Å²) in [6, 6.07) is 0.274. The summed E-state index contributed by atoms with van der Waals surface area (Å²) in [6.45, 7) is 0.218. The van der Waals surface area contributed by atoms with Crippen LogP contribution in [-0.2, 0) is 0 Å². The summed E-state index contributed by atoms with van der Waals surface area (Å²) < 4.78 is 0.797. The van der Waals surface area contributed by atoms with E-state index in [0.717, 1.165) is 23.7 Å². The molecule has 0 aliphatic heterocycles. The van der Waals surface area contributed by atoms with E-state index in [-0.39, 0.29) is 18.6 Å². The summed E-state index contributed by atoms with van der Waals surface area (Å²) in [4.78, 5) is 8.02. The highest BCUT2D eigenvalue weighted by Gasteiger charge is 2.27. The van der Waals surface area contributed by atoms with Gasteiger partial charge < -0.3 is 16.2 Å². The van der Waals surface area contributed by atoms with Gasteiger partial charge in [-0.15, -0.1) is 0 Å². The Labute approximate surface area is 103 Å². The number of nitrogens with one attached hydrogen (secondary N) is 1. The fourth-order valence-corrected chi connectivity index (χ4v) is 2.41. The fourth-order valence-electron chi connectivity index (χ4n) is 2.10. The van der Waals surface area contributed by atoms with Crippen molar-refractivity contribution < 1.29 is 5.11 Å². The molecule has 1 heterocycles. The molecule has 2 unspecified atom stereocenters. The molecule has 0 spiro atoms. The maximum atomic E-state index is 9.23. The van der Waals surface area contributed by atoms with Crippen molar-refractivity contribution in [2.24, 2.45) is 5.92 Å². The van der Waals surface area contributed by atoms with Crippen molar-refractivity contribution in [3.05, 3.63) is 10.7 Å². The maximum Gasteiger partial charge on any atom is 0.221 e. The average molecular weight is 287 g/mol. The molecule has 2 atom stereocenters. The predicted molar refractivity (Wildman–Crippen MR) is 66.0 cm³/mol. The van der Waals surface area contributed by atoms with Gasteiger partial charge >= 0.3 is 0 Å². The second-order valence-corrected chi connectivity index (χ2v) is 4.90. The first-order valence-corrected chi connectivity index (χ1v) is 6.15. The molecule has 0 saturated heterocycles. The average Bonchev–Trinajstić information content (AvgIpc) is 2.71. The molecule has 4 N–H and O–H groups in total. The molecule has 1 aromatic rings. The Morgan fingerprint density at radius 3 is 3.12 bits per heavy atom. The number of nitrogens with two attached hydrogens (primary N) is 1. The molecule has 1 aromatic heterocycles. The van der Waals surface area contributed by atoms with Gasteiger partial charge in [0.15, 0.2) is 0 Å². The lowest BCUT2D eigenvalue weighted by atomic mass is 10.1. The van der Waals surface area contributed by atoms with Crippen molar-refractivity contribution in [3.8, 4) is 0 Å². The molecule has 0 bridgehead atoms. The van der Waals surface area contributed by atoms with E-state index >= 15 is 0 Å². The van der Waals surface area contributed by atoms with Crippen LogP contribution in [0.25, 0.3) is 0 Å². The van der Waals surface area contributed by atoms with Gasteiger partial charge in [0.2, 0.25) is 5.95 Å². The Morgan fingerprint density at radius 2 is 2.38 bits per heavy atom. The number of anilines is 2. The molecule has 0 aromatic carbocycles. The number of aliphatic hydroxyl groups is 1. The summed E-state index contributed by atoms with van der Waals surface area (Å²) in [5, 5.41) is 12.5. The second kappa shape index (κ2) is 4.97. The highest BCUT2D eigenvalue weighted by atomic mass is 79.9. The molecule has 1 saturated carbocycles. The third-order valence-electron chi connectivity index (χ3n) is 2.98. The molecular weight excluding hydrogens is 272 g/mol. The quantitative estimate of drug-likeness (QED) is 0.782. The Kier molecular flexibility index (Phi) is 3.60. The monoisotopic (exact) mass is 286 g/mol. The van der Waals surface area contributed by atoms with E-state index in [4.69, 9.17) is 5.73 Å². The first-order chi connectivity index (χ1) is 7.70. The van der Waals surface area contributed by atoms with Gasteiger partial charge in [0.25, 0.3) is 0 Å². The van der Waals surface area contributed by atoms with E-state index in [1.807, 2.05) is 0 Å². The van der Waals surface area contributed by atoms with E-state index in [2.05, 4.69) is 31.2 Å². The number of nitrogens with zero attached hydrogens (tertiary/aromatic N) is 2. The minimum Gasteiger partial charge on any atom is -0.396 e. The summed E-state index contributed by atoms with van der Waals surface area (Å²) in [5.74, 6) is 1.27. The van der Waals surface area contributed by atoms with Crippen LogP contribution in [0, 0.1) is 5.92 Å². The number of nitrogen functional groups attached to an aromatic ring is 1. The minimum absolute atomic E-state index is 0.218. The molecule has 2 rings (SSSR count). The topological polar surface area (TPSA) is 84.1 Å². The second-order valence-electron chi connectivity index (χ2n) is 4.05. The summed E-state index contributed by atoms with van der Waals surface area (Å²) in [6.07, 6.45) is 4.89. The van der Waals surface area contributed by atoms with Crippen LogP contribution in [0.2, 0.25) is 0 Å². The lowest BCUT2D eigenvalue weighted by molar-refractivity contribution is 0.222. The number of halogens is 1. The Bertz CT molecular complexity index is 374. The van der Waals surface area contributed by atoms with E-state index in [1.165, 1.54) is 0 Å². The zero-order valence-electron chi connectivity index (χ0n) is 8.86. The first-order valence-electron chi connectivity index (χ1n) is 5.36. The van der Waals surface area contributed by atoms with Gasteiger partial charge in [-0.3, -0.25) is 0 Å². The van der Waals surface area contributed by atoms with Crippen LogP contribution >= 0.6 is 15.9 Å². The van der Waals surface area contributed by atoms with Crippen LogP contribution in [-0.4, -0.2) is 27.7 Å². The van der Waals surface area contributed by atoms with Crippen molar-refractivity contribution in [1.82, 2.24) is 9.97 Å². The molecule has 1 fully saturated rings. The normalized spacial score (nSPS) is 24.6.